The van der Waals surface area contributed by atoms with Gasteiger partial charge in [0.15, 0.2) is 6.30 Å². The fraction of sp³-hybridized carbons (Fsp3) is 1.00. The lowest BCUT2D eigenvalue weighted by molar-refractivity contribution is 0.0439. The topological polar surface area (TPSA) is 3.24 Å². The summed E-state index contributed by atoms with van der Waals surface area (Å²) in [7, 11) is 0. The molecular weight excluding hydrogens is 129 g/mol. The van der Waals surface area contributed by atoms with Crippen molar-refractivity contribution in [3.05, 3.63) is 0 Å². The van der Waals surface area contributed by atoms with E-state index in [4.69, 9.17) is 0 Å². The van der Waals surface area contributed by atoms with Crippen molar-refractivity contribution >= 4 is 0 Å². The lowest BCUT2D eigenvalue weighted by Crippen LogP contribution is -2.42. The van der Waals surface area contributed by atoms with Crippen LogP contribution < -0.4 is 0 Å². The van der Waals surface area contributed by atoms with Crippen molar-refractivity contribution in [2.45, 2.75) is 45.4 Å². The maximum absolute atomic E-state index is 13.0. The third-order valence-electron chi connectivity index (χ3n) is 2.04. The minimum atomic E-state index is -0.694. The zero-order valence-electron chi connectivity index (χ0n) is 7.02. The van der Waals surface area contributed by atoms with E-state index in [-0.39, 0.29) is 5.54 Å². The van der Waals surface area contributed by atoms with Gasteiger partial charge in [0.05, 0.1) is 0 Å². The average molecular weight is 145 g/mol. The molecule has 1 heterocycles. The quantitative estimate of drug-likeness (QED) is 0.472. The molecule has 1 rings (SSSR count). The molecule has 0 aromatic rings. The van der Waals surface area contributed by atoms with Crippen LogP contribution in [0.3, 0.4) is 0 Å². The molecule has 1 unspecified atom stereocenters. The van der Waals surface area contributed by atoms with Gasteiger partial charge in [0, 0.05) is 12.1 Å². The van der Waals surface area contributed by atoms with Gasteiger partial charge in [-0.05, 0) is 33.6 Å². The van der Waals surface area contributed by atoms with Gasteiger partial charge in [-0.2, -0.15) is 0 Å². The van der Waals surface area contributed by atoms with Crippen LogP contribution in [0.25, 0.3) is 0 Å². The Morgan fingerprint density at radius 2 is 2.00 bits per heavy atom. The molecule has 0 bridgehead atoms. The molecule has 1 saturated heterocycles. The molecule has 0 N–H and O–H groups in total. The first-order valence-corrected chi connectivity index (χ1v) is 3.92. The highest BCUT2D eigenvalue weighted by molar-refractivity contribution is 4.82. The summed E-state index contributed by atoms with van der Waals surface area (Å²) in [4.78, 5) is 1.92. The summed E-state index contributed by atoms with van der Waals surface area (Å²) in [5.74, 6) is 0. The van der Waals surface area contributed by atoms with Crippen molar-refractivity contribution in [3.63, 3.8) is 0 Å². The smallest absolute Gasteiger partial charge is 0.154 e. The average Bonchev–Trinajstić information content (AvgIpc) is 2.11. The highest BCUT2D eigenvalue weighted by atomic mass is 19.1. The van der Waals surface area contributed by atoms with Crippen molar-refractivity contribution < 1.29 is 4.39 Å². The van der Waals surface area contributed by atoms with Crippen LogP contribution in [0.5, 0.6) is 0 Å². The van der Waals surface area contributed by atoms with Crippen molar-refractivity contribution in [1.29, 1.82) is 0 Å². The number of alkyl halides is 1. The Balaban J connectivity index is 2.55. The van der Waals surface area contributed by atoms with E-state index in [2.05, 4.69) is 20.8 Å². The molecule has 1 fully saturated rings. The van der Waals surface area contributed by atoms with Crippen LogP contribution in [0.1, 0.15) is 33.6 Å². The molecule has 0 aliphatic carbocycles. The SMILES string of the molecule is CC(C)(C)N1CCCC1F. The van der Waals surface area contributed by atoms with Crippen molar-refractivity contribution in [1.82, 2.24) is 4.90 Å². The highest BCUT2D eigenvalue weighted by Crippen LogP contribution is 2.26. The number of rotatable bonds is 0. The molecular formula is C8H16FN. The number of hydrogen-bond acceptors (Lipinski definition) is 1. The molecule has 1 aliphatic rings. The van der Waals surface area contributed by atoms with Crippen LogP contribution in [0.15, 0.2) is 0 Å². The zero-order chi connectivity index (χ0) is 7.78. The molecule has 0 radical (unpaired) electrons. The molecule has 1 atom stereocenters. The molecule has 0 spiro atoms. The Bertz CT molecular complexity index is 117. The van der Waals surface area contributed by atoms with Gasteiger partial charge < -0.3 is 0 Å². The molecule has 1 nitrogen and oxygen atoms in total. The largest absolute Gasteiger partial charge is 0.269 e. The second kappa shape index (κ2) is 2.50. The third-order valence-corrected chi connectivity index (χ3v) is 2.04. The number of hydrogen-bond donors (Lipinski definition) is 0. The predicted octanol–water partition coefficient (Wildman–Crippen LogP) is 2.18. The summed E-state index contributed by atoms with van der Waals surface area (Å²) in [6, 6.07) is 0. The van der Waals surface area contributed by atoms with E-state index >= 15 is 0 Å². The van der Waals surface area contributed by atoms with Gasteiger partial charge >= 0.3 is 0 Å². The second-order valence-electron chi connectivity index (χ2n) is 3.94. The van der Waals surface area contributed by atoms with E-state index in [9.17, 15) is 4.39 Å². The summed E-state index contributed by atoms with van der Waals surface area (Å²) in [5, 5.41) is 0. The molecule has 0 aromatic heterocycles. The van der Waals surface area contributed by atoms with E-state index in [1.165, 1.54) is 0 Å². The van der Waals surface area contributed by atoms with Crippen molar-refractivity contribution in [2.75, 3.05) is 6.54 Å². The highest BCUT2D eigenvalue weighted by Gasteiger charge is 2.32. The number of halogens is 1. The van der Waals surface area contributed by atoms with Gasteiger partial charge in [0.1, 0.15) is 0 Å². The Hall–Kier alpha value is -0.110. The van der Waals surface area contributed by atoms with Gasteiger partial charge in [-0.1, -0.05) is 0 Å². The summed E-state index contributed by atoms with van der Waals surface area (Å²) in [5.41, 5.74) is 0.00984. The Morgan fingerprint density at radius 1 is 1.40 bits per heavy atom. The van der Waals surface area contributed by atoms with Gasteiger partial charge in [0.2, 0.25) is 0 Å². The van der Waals surface area contributed by atoms with Gasteiger partial charge in [-0.25, -0.2) is 4.39 Å². The fourth-order valence-electron chi connectivity index (χ4n) is 1.48. The number of nitrogens with zero attached hydrogens (tertiary/aromatic N) is 1. The molecule has 10 heavy (non-hydrogen) atoms. The molecule has 60 valence electrons. The summed E-state index contributed by atoms with van der Waals surface area (Å²) >= 11 is 0. The lowest BCUT2D eigenvalue weighted by Gasteiger charge is -2.33. The van der Waals surface area contributed by atoms with Crippen LogP contribution in [0.2, 0.25) is 0 Å². The first kappa shape index (κ1) is 7.99. The molecule has 0 saturated carbocycles. The normalized spacial score (nSPS) is 29.4. The van der Waals surface area contributed by atoms with Crippen LogP contribution in [-0.2, 0) is 0 Å². The summed E-state index contributed by atoms with van der Waals surface area (Å²) < 4.78 is 13.0. The minimum Gasteiger partial charge on any atom is -0.269 e. The predicted molar refractivity (Wildman–Crippen MR) is 40.6 cm³/mol. The van der Waals surface area contributed by atoms with E-state index < -0.39 is 6.30 Å². The molecule has 2 heteroatoms. The Labute approximate surface area is 62.2 Å². The van der Waals surface area contributed by atoms with E-state index in [0.29, 0.717) is 0 Å². The monoisotopic (exact) mass is 145 g/mol. The van der Waals surface area contributed by atoms with E-state index in [0.717, 1.165) is 19.4 Å². The maximum atomic E-state index is 13.0. The third kappa shape index (κ3) is 1.48. The minimum absolute atomic E-state index is 0.00984. The summed E-state index contributed by atoms with van der Waals surface area (Å²) in [6.07, 6.45) is 1.04. The van der Waals surface area contributed by atoms with Crippen LogP contribution in [-0.4, -0.2) is 23.3 Å². The van der Waals surface area contributed by atoms with E-state index in [1.807, 2.05) is 4.90 Å². The second-order valence-corrected chi connectivity index (χ2v) is 3.94. The van der Waals surface area contributed by atoms with Gasteiger partial charge in [-0.15, -0.1) is 0 Å². The van der Waals surface area contributed by atoms with Crippen LogP contribution >= 0.6 is 0 Å². The lowest BCUT2D eigenvalue weighted by atomic mass is 10.1. The first-order valence-electron chi connectivity index (χ1n) is 3.92. The van der Waals surface area contributed by atoms with E-state index in [1.54, 1.807) is 0 Å². The standard InChI is InChI=1S/C8H16FN/c1-8(2,3)10-6-4-5-7(10)9/h7H,4-6H2,1-3H3. The fourth-order valence-corrected chi connectivity index (χ4v) is 1.48. The maximum Gasteiger partial charge on any atom is 0.154 e. The summed E-state index contributed by atoms with van der Waals surface area (Å²) in [6.45, 7) is 7.10. The zero-order valence-corrected chi connectivity index (χ0v) is 7.02. The Kier molecular flexibility index (Phi) is 1.99. The molecule has 0 amide bonds. The van der Waals surface area contributed by atoms with Gasteiger partial charge in [-0.3, -0.25) is 4.90 Å². The van der Waals surface area contributed by atoms with Crippen molar-refractivity contribution in [3.8, 4) is 0 Å². The van der Waals surface area contributed by atoms with Crippen LogP contribution in [0.4, 0.5) is 4.39 Å². The molecule has 0 aromatic carbocycles. The number of likely N-dealkylation sites (tertiary alicyclic amines) is 1. The Morgan fingerprint density at radius 3 is 2.20 bits per heavy atom. The molecule has 1 aliphatic heterocycles. The van der Waals surface area contributed by atoms with Crippen LogP contribution in [0, 0.1) is 0 Å². The van der Waals surface area contributed by atoms with Crippen molar-refractivity contribution in [2.24, 2.45) is 0 Å². The van der Waals surface area contributed by atoms with Gasteiger partial charge in [0.25, 0.3) is 0 Å². The first-order chi connectivity index (χ1) is 4.52.